The topological polar surface area (TPSA) is 129 Å². The van der Waals surface area contributed by atoms with E-state index in [2.05, 4.69) is 5.32 Å². The van der Waals surface area contributed by atoms with E-state index in [4.69, 9.17) is 9.47 Å². The van der Waals surface area contributed by atoms with Crippen LogP contribution in [-0.4, -0.2) is 76.0 Å². The molecule has 1 fully saturated rings. The molecule has 4 N–H and O–H groups in total. The fourth-order valence-electron chi connectivity index (χ4n) is 3.67. The normalized spacial score (nSPS) is 23.8. The number of aromatic hydroxyl groups is 1. The lowest BCUT2D eigenvalue weighted by atomic mass is 9.94. The Kier molecular flexibility index (Phi) is 8.27. The highest BCUT2D eigenvalue weighted by Crippen LogP contribution is 2.26. The van der Waals surface area contributed by atoms with Crippen LogP contribution in [0.3, 0.4) is 0 Å². The largest absolute Gasteiger partial charge is 0.508 e. The third-order valence-corrected chi connectivity index (χ3v) is 5.08. The minimum Gasteiger partial charge on any atom is -0.508 e. The lowest BCUT2D eigenvalue weighted by Gasteiger charge is -2.46. The monoisotopic (exact) mass is 438 g/mol. The molecule has 0 aliphatic carbocycles. The van der Waals surface area contributed by atoms with Crippen molar-refractivity contribution in [1.82, 2.24) is 10.2 Å². The van der Waals surface area contributed by atoms with Crippen LogP contribution in [0.2, 0.25) is 0 Å². The Labute approximate surface area is 183 Å². The predicted octanol–water partition coefficient (Wildman–Crippen LogP) is 1.96. The third-order valence-electron chi connectivity index (χ3n) is 5.08. The Balaban J connectivity index is 2.21. The Morgan fingerprint density at radius 3 is 2.58 bits per heavy atom. The number of aliphatic hydroxyl groups is 1. The molecule has 0 aromatic heterocycles. The molecular weight excluding hydrogens is 404 g/mol. The van der Waals surface area contributed by atoms with Crippen molar-refractivity contribution >= 4 is 12.0 Å². The molecule has 5 atom stereocenters. The second-order valence-corrected chi connectivity index (χ2v) is 9.24. The summed E-state index contributed by atoms with van der Waals surface area (Å²) in [4.78, 5) is 25.0. The van der Waals surface area contributed by atoms with Crippen molar-refractivity contribution in [3.05, 3.63) is 29.8 Å². The van der Waals surface area contributed by atoms with Crippen LogP contribution in [0.15, 0.2) is 24.3 Å². The van der Waals surface area contributed by atoms with Gasteiger partial charge in [-0.25, -0.2) is 4.79 Å². The molecule has 0 saturated carbocycles. The average Bonchev–Trinajstić information content (AvgIpc) is 2.64. The minimum atomic E-state index is -1.24. The number of nitrogens with zero attached hydrogens (tertiary/aromatic N) is 1. The Bertz CT molecular complexity index is 764. The summed E-state index contributed by atoms with van der Waals surface area (Å²) in [6, 6.07) is 4.12. The van der Waals surface area contributed by atoms with Gasteiger partial charge in [0.15, 0.2) is 6.29 Å². The minimum absolute atomic E-state index is 0.0641. The number of morpholine rings is 1. The average molecular weight is 439 g/mol. The summed E-state index contributed by atoms with van der Waals surface area (Å²) in [5, 5.41) is 33.3. The van der Waals surface area contributed by atoms with Crippen LogP contribution in [0.25, 0.3) is 0 Å². The SMILES string of the molecule is CC(=O)N[C@@H](Cc1cccc(O)c1)[C@H](O)C1CO[C@@H](OCC(C)(C)C)[C@H](C)N1C(=O)O. The van der Waals surface area contributed by atoms with Gasteiger partial charge in [-0.2, -0.15) is 0 Å². The first-order valence-electron chi connectivity index (χ1n) is 10.4. The van der Waals surface area contributed by atoms with Crippen LogP contribution >= 0.6 is 0 Å². The number of phenolic OH excluding ortho intramolecular Hbond substituents is 1. The molecule has 0 radical (unpaired) electrons. The molecule has 1 aliphatic heterocycles. The third kappa shape index (κ3) is 7.09. The summed E-state index contributed by atoms with van der Waals surface area (Å²) in [6.45, 7) is 9.30. The Morgan fingerprint density at radius 2 is 2.03 bits per heavy atom. The number of amides is 2. The van der Waals surface area contributed by atoms with E-state index in [1.165, 1.54) is 19.1 Å². The molecule has 31 heavy (non-hydrogen) atoms. The molecule has 2 rings (SSSR count). The van der Waals surface area contributed by atoms with Gasteiger partial charge in [0.25, 0.3) is 0 Å². The Hall–Kier alpha value is -2.36. The zero-order valence-corrected chi connectivity index (χ0v) is 18.7. The molecule has 2 amide bonds. The van der Waals surface area contributed by atoms with Crippen molar-refractivity contribution in [3.63, 3.8) is 0 Å². The van der Waals surface area contributed by atoms with Crippen LogP contribution in [0.1, 0.15) is 40.2 Å². The van der Waals surface area contributed by atoms with E-state index in [1.807, 2.05) is 20.8 Å². The zero-order chi connectivity index (χ0) is 23.3. The molecule has 1 unspecified atom stereocenters. The highest BCUT2D eigenvalue weighted by atomic mass is 16.7. The maximum absolute atomic E-state index is 12.1. The number of rotatable bonds is 7. The first kappa shape index (κ1) is 24.9. The molecular formula is C22H34N2O7. The lowest BCUT2D eigenvalue weighted by molar-refractivity contribution is -0.231. The van der Waals surface area contributed by atoms with Gasteiger partial charge in [-0.3, -0.25) is 9.69 Å². The van der Waals surface area contributed by atoms with Crippen LogP contribution in [0, 0.1) is 5.41 Å². The van der Waals surface area contributed by atoms with Crippen molar-refractivity contribution in [2.24, 2.45) is 5.41 Å². The van der Waals surface area contributed by atoms with E-state index in [0.29, 0.717) is 12.2 Å². The first-order valence-corrected chi connectivity index (χ1v) is 10.4. The number of nitrogens with one attached hydrogen (secondary N) is 1. The van der Waals surface area contributed by atoms with Crippen molar-refractivity contribution in [2.45, 2.75) is 71.6 Å². The number of carbonyl (C=O) groups excluding carboxylic acids is 1. The quantitative estimate of drug-likeness (QED) is 0.512. The fourth-order valence-corrected chi connectivity index (χ4v) is 3.67. The van der Waals surface area contributed by atoms with E-state index in [0.717, 1.165) is 4.90 Å². The summed E-state index contributed by atoms with van der Waals surface area (Å²) in [5.41, 5.74) is 0.571. The Morgan fingerprint density at radius 1 is 1.35 bits per heavy atom. The number of hydrogen-bond donors (Lipinski definition) is 4. The molecule has 0 spiro atoms. The number of carboxylic acid groups (broad SMARTS) is 1. The summed E-state index contributed by atoms with van der Waals surface area (Å²) < 4.78 is 11.6. The number of aliphatic hydroxyl groups excluding tert-OH is 1. The van der Waals surface area contributed by atoms with Crippen molar-refractivity contribution in [3.8, 4) is 5.75 Å². The maximum Gasteiger partial charge on any atom is 0.408 e. The van der Waals surface area contributed by atoms with E-state index in [1.54, 1.807) is 19.1 Å². The first-order chi connectivity index (χ1) is 14.4. The smallest absolute Gasteiger partial charge is 0.408 e. The highest BCUT2D eigenvalue weighted by molar-refractivity contribution is 5.73. The fraction of sp³-hybridized carbons (Fsp3) is 0.636. The molecule has 1 aliphatic rings. The van der Waals surface area contributed by atoms with E-state index < -0.39 is 36.6 Å². The summed E-state index contributed by atoms with van der Waals surface area (Å²) in [6.07, 6.45) is -3.00. The van der Waals surface area contributed by atoms with Gasteiger partial charge in [0.05, 0.1) is 37.4 Å². The van der Waals surface area contributed by atoms with Gasteiger partial charge in [0.2, 0.25) is 5.91 Å². The second kappa shape index (κ2) is 10.3. The van der Waals surface area contributed by atoms with Crippen LogP contribution in [-0.2, 0) is 20.7 Å². The highest BCUT2D eigenvalue weighted by Gasteiger charge is 2.44. The van der Waals surface area contributed by atoms with Gasteiger partial charge in [0, 0.05) is 6.92 Å². The van der Waals surface area contributed by atoms with Gasteiger partial charge in [-0.15, -0.1) is 0 Å². The molecule has 1 aromatic carbocycles. The number of benzene rings is 1. The predicted molar refractivity (Wildman–Crippen MR) is 114 cm³/mol. The molecule has 9 nitrogen and oxygen atoms in total. The van der Waals surface area contributed by atoms with Crippen molar-refractivity contribution in [2.75, 3.05) is 13.2 Å². The van der Waals surface area contributed by atoms with Gasteiger partial charge < -0.3 is 30.1 Å². The van der Waals surface area contributed by atoms with Crippen LogP contribution in [0.4, 0.5) is 4.79 Å². The zero-order valence-electron chi connectivity index (χ0n) is 18.7. The van der Waals surface area contributed by atoms with E-state index in [-0.39, 0.29) is 30.1 Å². The number of carbonyl (C=O) groups is 2. The van der Waals surface area contributed by atoms with Crippen LogP contribution in [0.5, 0.6) is 5.75 Å². The number of phenols is 1. The van der Waals surface area contributed by atoms with Gasteiger partial charge in [-0.1, -0.05) is 32.9 Å². The van der Waals surface area contributed by atoms with Gasteiger partial charge in [0.1, 0.15) is 5.75 Å². The van der Waals surface area contributed by atoms with E-state index in [9.17, 15) is 24.9 Å². The number of ether oxygens (including phenoxy) is 2. The molecule has 174 valence electrons. The molecule has 1 aromatic rings. The lowest BCUT2D eigenvalue weighted by Crippen LogP contribution is -2.65. The summed E-state index contributed by atoms with van der Waals surface area (Å²) >= 11 is 0. The van der Waals surface area contributed by atoms with Crippen LogP contribution < -0.4 is 5.32 Å². The molecule has 1 saturated heterocycles. The van der Waals surface area contributed by atoms with Crippen molar-refractivity contribution in [1.29, 1.82) is 0 Å². The van der Waals surface area contributed by atoms with Gasteiger partial charge >= 0.3 is 6.09 Å². The standard InChI is InChI=1S/C22H34N2O7/c1-13-20(31-12-22(3,4)5)30-11-18(24(13)21(28)29)19(27)17(23-14(2)25)10-15-7-6-8-16(26)9-15/h6-9,13,17-20,26-27H,10-12H2,1-5H3,(H,23,25)(H,28,29)/t13-,17-,18?,19-,20-/m0/s1. The second-order valence-electron chi connectivity index (χ2n) is 9.24. The molecule has 1 heterocycles. The summed E-state index contributed by atoms with van der Waals surface area (Å²) in [7, 11) is 0. The molecule has 0 bridgehead atoms. The van der Waals surface area contributed by atoms with Crippen molar-refractivity contribution < 1.29 is 34.4 Å². The van der Waals surface area contributed by atoms with E-state index >= 15 is 0 Å². The number of hydrogen-bond acceptors (Lipinski definition) is 6. The van der Waals surface area contributed by atoms with Gasteiger partial charge in [-0.05, 0) is 36.5 Å². The summed E-state index contributed by atoms with van der Waals surface area (Å²) in [5.74, 6) is -0.295. The maximum atomic E-state index is 12.1. The molecule has 9 heteroatoms.